The van der Waals surface area contributed by atoms with Gasteiger partial charge in [0.15, 0.2) is 29.2 Å². The van der Waals surface area contributed by atoms with Crippen LogP contribution in [0.1, 0.15) is 62.6 Å². The first-order valence-electron chi connectivity index (χ1n) is 10.6. The Morgan fingerprint density at radius 2 is 1.53 bits per heavy atom. The summed E-state index contributed by atoms with van der Waals surface area (Å²) in [6.45, 7) is 5.92. The third-order valence-electron chi connectivity index (χ3n) is 5.46. The molecule has 4 rings (SSSR count). The van der Waals surface area contributed by atoms with E-state index in [-0.39, 0.29) is 16.8 Å². The molecule has 1 aromatic carbocycles. The van der Waals surface area contributed by atoms with Gasteiger partial charge < -0.3 is 23.4 Å². The Morgan fingerprint density at radius 1 is 0.938 bits per heavy atom. The van der Waals surface area contributed by atoms with Gasteiger partial charge in [-0.05, 0) is 25.8 Å². The molecule has 0 radical (unpaired) electrons. The summed E-state index contributed by atoms with van der Waals surface area (Å²) in [6, 6.07) is 11.2. The van der Waals surface area contributed by atoms with E-state index in [4.69, 9.17) is 23.4 Å². The fraction of sp³-hybridized carbons (Fsp3) is 0.458. The molecule has 170 valence electrons. The lowest BCUT2D eigenvalue weighted by atomic mass is 9.86. The molecule has 0 bridgehead atoms. The van der Waals surface area contributed by atoms with E-state index >= 15 is 0 Å². The molecular weight excluding hydrogens is 416 g/mol. The molecule has 0 spiro atoms. The van der Waals surface area contributed by atoms with Crippen LogP contribution in [0.2, 0.25) is 0 Å². The van der Waals surface area contributed by atoms with Crippen LogP contribution < -0.4 is 5.43 Å². The third-order valence-corrected chi connectivity index (χ3v) is 5.46. The van der Waals surface area contributed by atoms with Crippen molar-refractivity contribution in [3.05, 3.63) is 69.3 Å². The van der Waals surface area contributed by atoms with Crippen molar-refractivity contribution in [2.24, 2.45) is 0 Å². The maximum atomic E-state index is 13.2. The lowest BCUT2D eigenvalue weighted by molar-refractivity contribution is -0.172. The Balaban J connectivity index is 1.77. The second kappa shape index (κ2) is 8.52. The van der Waals surface area contributed by atoms with Crippen LogP contribution in [0.5, 0.6) is 0 Å². The van der Waals surface area contributed by atoms with Gasteiger partial charge in [-0.1, -0.05) is 30.3 Å². The van der Waals surface area contributed by atoms with Gasteiger partial charge in [0, 0.05) is 26.3 Å². The zero-order valence-electron chi connectivity index (χ0n) is 18.5. The number of aryl methyl sites for hydroxylation is 2. The molecule has 8 nitrogen and oxygen atoms in total. The molecular formula is C24H26O8. The fourth-order valence-electron chi connectivity index (χ4n) is 4.30. The lowest BCUT2D eigenvalue weighted by Crippen LogP contribution is -2.45. The number of rotatable bonds is 5. The predicted octanol–water partition coefficient (Wildman–Crippen LogP) is 3.17. The third kappa shape index (κ3) is 4.47. The number of hydrogen-bond donors (Lipinski definition) is 0. The van der Waals surface area contributed by atoms with E-state index in [1.807, 2.05) is 30.3 Å². The van der Waals surface area contributed by atoms with Crippen molar-refractivity contribution in [1.29, 1.82) is 0 Å². The van der Waals surface area contributed by atoms with Crippen molar-refractivity contribution in [3.63, 3.8) is 0 Å². The Morgan fingerprint density at radius 3 is 2.16 bits per heavy atom. The summed E-state index contributed by atoms with van der Waals surface area (Å²) in [5.41, 5.74) is 0.832. The van der Waals surface area contributed by atoms with Gasteiger partial charge in [0.2, 0.25) is 0 Å². The summed E-state index contributed by atoms with van der Waals surface area (Å²) in [7, 11) is 0. The number of carbonyl (C=O) groups is 2. The van der Waals surface area contributed by atoms with Gasteiger partial charge in [-0.3, -0.25) is 14.4 Å². The Bertz CT molecular complexity index is 1070. The maximum absolute atomic E-state index is 13.2. The van der Waals surface area contributed by atoms with Crippen molar-refractivity contribution in [2.45, 2.75) is 70.7 Å². The summed E-state index contributed by atoms with van der Waals surface area (Å²) < 4.78 is 29.1. The average Bonchev–Trinajstić information content (AvgIpc) is 3.04. The molecule has 1 aromatic heterocycles. The molecule has 0 amide bonds. The normalized spacial score (nSPS) is 25.5. The monoisotopic (exact) mass is 442 g/mol. The van der Waals surface area contributed by atoms with E-state index in [0.717, 1.165) is 5.56 Å². The van der Waals surface area contributed by atoms with E-state index in [2.05, 4.69) is 0 Å². The van der Waals surface area contributed by atoms with Crippen molar-refractivity contribution in [2.75, 3.05) is 0 Å². The minimum Gasteiger partial charge on any atom is -0.461 e. The number of benzene rings is 1. The lowest BCUT2D eigenvalue weighted by Gasteiger charge is -2.35. The van der Waals surface area contributed by atoms with E-state index < -0.39 is 42.1 Å². The quantitative estimate of drug-likeness (QED) is 0.651. The molecule has 1 aliphatic heterocycles. The summed E-state index contributed by atoms with van der Waals surface area (Å²) in [5.74, 6) is -1.60. The molecule has 2 aromatic rings. The van der Waals surface area contributed by atoms with Crippen molar-refractivity contribution in [3.8, 4) is 0 Å². The minimum atomic E-state index is -1.04. The molecule has 32 heavy (non-hydrogen) atoms. The summed E-state index contributed by atoms with van der Waals surface area (Å²) >= 11 is 0. The number of esters is 2. The largest absolute Gasteiger partial charge is 0.461 e. The van der Waals surface area contributed by atoms with E-state index in [0.29, 0.717) is 18.6 Å². The number of carbonyl (C=O) groups excluding carboxylic acids is 2. The van der Waals surface area contributed by atoms with Gasteiger partial charge in [0.05, 0.1) is 5.56 Å². The first-order valence-corrected chi connectivity index (χ1v) is 10.6. The SMILES string of the molecule is CC(=O)O[C@H]1c2oc(CCc3ccccc3)cc(=O)c2[C@H](OC(C)=O)[C@H]2OC(C)(C)O[C@@H]21. The smallest absolute Gasteiger partial charge is 0.303 e. The van der Waals surface area contributed by atoms with Crippen LogP contribution in [-0.4, -0.2) is 29.9 Å². The first kappa shape index (κ1) is 22.2. The first-order chi connectivity index (χ1) is 15.1. The number of fused-ring (bicyclic) bond motifs is 2. The Hall–Kier alpha value is -2.97. The maximum Gasteiger partial charge on any atom is 0.303 e. The summed E-state index contributed by atoms with van der Waals surface area (Å²) in [6.07, 6.45) is -2.56. The Kier molecular flexibility index (Phi) is 5.92. The van der Waals surface area contributed by atoms with Gasteiger partial charge in [-0.2, -0.15) is 0 Å². The molecule has 0 saturated carbocycles. The van der Waals surface area contributed by atoms with Gasteiger partial charge >= 0.3 is 11.9 Å². The highest BCUT2D eigenvalue weighted by Crippen LogP contribution is 2.48. The van der Waals surface area contributed by atoms with E-state index in [1.54, 1.807) is 13.8 Å². The molecule has 0 N–H and O–H groups in total. The minimum absolute atomic E-state index is 0.109. The van der Waals surface area contributed by atoms with Crippen molar-refractivity contribution in [1.82, 2.24) is 0 Å². The highest BCUT2D eigenvalue weighted by Gasteiger charge is 2.57. The zero-order valence-corrected chi connectivity index (χ0v) is 18.5. The van der Waals surface area contributed by atoms with Crippen LogP contribution in [0.3, 0.4) is 0 Å². The molecule has 2 heterocycles. The molecule has 1 saturated heterocycles. The van der Waals surface area contributed by atoms with Gasteiger partial charge in [0.1, 0.15) is 18.0 Å². The van der Waals surface area contributed by atoms with Crippen LogP contribution >= 0.6 is 0 Å². The summed E-state index contributed by atoms with van der Waals surface area (Å²) in [4.78, 5) is 36.9. The van der Waals surface area contributed by atoms with E-state index in [1.165, 1.54) is 19.9 Å². The van der Waals surface area contributed by atoms with Gasteiger partial charge in [0.25, 0.3) is 0 Å². The van der Waals surface area contributed by atoms with Crippen LogP contribution in [0.15, 0.2) is 45.6 Å². The topological polar surface area (TPSA) is 101 Å². The standard InChI is InChI=1S/C24H26O8/c1-13(25)28-20-18-17(27)12-16(11-10-15-8-6-5-7-9-15)30-19(18)21(29-14(2)26)23-22(20)31-24(3,4)32-23/h5-9,12,20-23H,10-11H2,1-4H3/t20-,21-,22+,23+/m0/s1. The average molecular weight is 442 g/mol. The van der Waals surface area contributed by atoms with Crippen LogP contribution in [0, 0.1) is 0 Å². The number of ether oxygens (including phenoxy) is 4. The zero-order chi connectivity index (χ0) is 23.0. The second-order valence-corrected chi connectivity index (χ2v) is 8.47. The molecule has 1 fully saturated rings. The Labute approximate surface area is 185 Å². The van der Waals surface area contributed by atoms with Crippen molar-refractivity contribution >= 4 is 11.9 Å². The highest BCUT2D eigenvalue weighted by atomic mass is 16.8. The molecule has 2 aliphatic rings. The molecule has 4 atom stereocenters. The number of hydrogen-bond acceptors (Lipinski definition) is 8. The van der Waals surface area contributed by atoms with E-state index in [9.17, 15) is 14.4 Å². The second-order valence-electron chi connectivity index (χ2n) is 8.47. The van der Waals surface area contributed by atoms with Crippen LogP contribution in [0.4, 0.5) is 0 Å². The molecule has 1 aliphatic carbocycles. The highest BCUT2D eigenvalue weighted by molar-refractivity contribution is 5.67. The van der Waals surface area contributed by atoms with Crippen LogP contribution in [0.25, 0.3) is 0 Å². The summed E-state index contributed by atoms with van der Waals surface area (Å²) in [5, 5.41) is 0. The molecule has 8 heteroatoms. The van der Waals surface area contributed by atoms with Gasteiger partial charge in [-0.25, -0.2) is 0 Å². The van der Waals surface area contributed by atoms with Crippen molar-refractivity contribution < 1.29 is 33.0 Å². The van der Waals surface area contributed by atoms with Gasteiger partial charge in [-0.15, -0.1) is 0 Å². The predicted molar refractivity (Wildman–Crippen MR) is 112 cm³/mol. The molecule has 0 unspecified atom stereocenters. The van der Waals surface area contributed by atoms with Crippen LogP contribution in [-0.2, 0) is 41.4 Å². The fourth-order valence-corrected chi connectivity index (χ4v) is 4.30.